The van der Waals surface area contributed by atoms with E-state index in [0.717, 1.165) is 15.2 Å². The summed E-state index contributed by atoms with van der Waals surface area (Å²) in [6.45, 7) is 0. The average molecular weight is 403 g/mol. The van der Waals surface area contributed by atoms with Crippen LogP contribution in [0.25, 0.3) is 21.7 Å². The van der Waals surface area contributed by atoms with Gasteiger partial charge in [-0.15, -0.1) is 0 Å². The number of aromatic nitrogens is 1. The standard InChI is InChI=1S/C18H9BrClNO3/c19-12-5-4-10-8-21(9-11(10)6-12)18(23)16-7-15(22)13-2-1-3-14(20)17(13)24-16/h1-9H. The molecule has 2 aromatic heterocycles. The molecule has 0 unspecified atom stereocenters. The number of para-hydroxylation sites is 1. The Morgan fingerprint density at radius 1 is 1.08 bits per heavy atom. The molecule has 0 aliphatic carbocycles. The van der Waals surface area contributed by atoms with Gasteiger partial charge in [-0.3, -0.25) is 14.2 Å². The topological polar surface area (TPSA) is 52.2 Å². The van der Waals surface area contributed by atoms with Gasteiger partial charge in [0.2, 0.25) is 0 Å². The van der Waals surface area contributed by atoms with E-state index >= 15 is 0 Å². The van der Waals surface area contributed by atoms with Crippen LogP contribution in [0.4, 0.5) is 0 Å². The van der Waals surface area contributed by atoms with Gasteiger partial charge in [0.05, 0.1) is 10.4 Å². The predicted octanol–water partition coefficient (Wildman–Crippen LogP) is 4.85. The summed E-state index contributed by atoms with van der Waals surface area (Å²) >= 11 is 9.48. The minimum Gasteiger partial charge on any atom is -0.449 e. The summed E-state index contributed by atoms with van der Waals surface area (Å²) in [5.41, 5.74) is -0.0870. The zero-order valence-corrected chi connectivity index (χ0v) is 14.5. The highest BCUT2D eigenvalue weighted by atomic mass is 79.9. The predicted molar refractivity (Wildman–Crippen MR) is 96.9 cm³/mol. The van der Waals surface area contributed by atoms with Crippen molar-refractivity contribution in [3.05, 3.63) is 80.3 Å². The number of benzene rings is 2. The number of nitrogens with zero attached hydrogens (tertiary/aromatic N) is 1. The summed E-state index contributed by atoms with van der Waals surface area (Å²) in [6, 6.07) is 11.8. The Labute approximate surface area is 149 Å². The number of rotatable bonds is 1. The molecular weight excluding hydrogens is 394 g/mol. The molecule has 0 aliphatic rings. The molecule has 24 heavy (non-hydrogen) atoms. The lowest BCUT2D eigenvalue weighted by atomic mass is 10.2. The molecule has 0 fully saturated rings. The molecule has 118 valence electrons. The zero-order chi connectivity index (χ0) is 16.8. The first kappa shape index (κ1) is 15.2. The first-order chi connectivity index (χ1) is 11.5. The Balaban J connectivity index is 1.88. The van der Waals surface area contributed by atoms with Crippen molar-refractivity contribution < 1.29 is 9.21 Å². The maximum atomic E-state index is 12.7. The molecule has 0 amide bonds. The van der Waals surface area contributed by atoms with Crippen molar-refractivity contribution >= 4 is 55.2 Å². The van der Waals surface area contributed by atoms with Gasteiger partial charge in [-0.05, 0) is 29.7 Å². The first-order valence-corrected chi connectivity index (χ1v) is 8.24. The Morgan fingerprint density at radius 3 is 2.71 bits per heavy atom. The third-order valence-electron chi connectivity index (χ3n) is 3.76. The lowest BCUT2D eigenvalue weighted by Gasteiger charge is -2.04. The lowest BCUT2D eigenvalue weighted by Crippen LogP contribution is -2.13. The van der Waals surface area contributed by atoms with Crippen molar-refractivity contribution in [2.75, 3.05) is 0 Å². The van der Waals surface area contributed by atoms with Crippen molar-refractivity contribution in [1.29, 1.82) is 0 Å². The van der Waals surface area contributed by atoms with Crippen LogP contribution >= 0.6 is 27.5 Å². The highest BCUT2D eigenvalue weighted by Crippen LogP contribution is 2.24. The third-order valence-corrected chi connectivity index (χ3v) is 4.55. The Bertz CT molecular complexity index is 1180. The largest absolute Gasteiger partial charge is 0.449 e. The normalized spacial score (nSPS) is 11.2. The summed E-state index contributed by atoms with van der Waals surface area (Å²) in [6.07, 6.45) is 3.39. The van der Waals surface area contributed by atoms with Gasteiger partial charge >= 0.3 is 0 Å². The van der Waals surface area contributed by atoms with E-state index in [2.05, 4.69) is 15.9 Å². The summed E-state index contributed by atoms with van der Waals surface area (Å²) in [5, 5.41) is 2.45. The van der Waals surface area contributed by atoms with E-state index in [9.17, 15) is 9.59 Å². The molecule has 6 heteroatoms. The monoisotopic (exact) mass is 401 g/mol. The molecule has 0 radical (unpaired) electrons. The second-order valence-corrected chi connectivity index (χ2v) is 6.66. The van der Waals surface area contributed by atoms with E-state index in [4.69, 9.17) is 16.0 Å². The van der Waals surface area contributed by atoms with Crippen LogP contribution in [-0.4, -0.2) is 10.5 Å². The fourth-order valence-corrected chi connectivity index (χ4v) is 3.20. The average Bonchev–Trinajstić information content (AvgIpc) is 2.98. The van der Waals surface area contributed by atoms with E-state index in [1.165, 1.54) is 10.6 Å². The van der Waals surface area contributed by atoms with Gasteiger partial charge in [0.1, 0.15) is 0 Å². The minimum atomic E-state index is -0.429. The van der Waals surface area contributed by atoms with E-state index in [0.29, 0.717) is 10.4 Å². The molecule has 0 bridgehead atoms. The third kappa shape index (κ3) is 2.46. The van der Waals surface area contributed by atoms with Crippen molar-refractivity contribution in [2.45, 2.75) is 0 Å². The van der Waals surface area contributed by atoms with E-state index in [1.54, 1.807) is 30.6 Å². The number of carbonyl (C=O) groups is 1. The lowest BCUT2D eigenvalue weighted by molar-refractivity contribution is 0.0933. The fourth-order valence-electron chi connectivity index (χ4n) is 2.60. The molecule has 0 saturated carbocycles. The molecule has 2 aromatic carbocycles. The van der Waals surface area contributed by atoms with E-state index < -0.39 is 5.91 Å². The second kappa shape index (κ2) is 5.61. The van der Waals surface area contributed by atoms with Crippen LogP contribution in [0.2, 0.25) is 5.02 Å². The van der Waals surface area contributed by atoms with Crippen LogP contribution in [0.15, 0.2) is 68.5 Å². The SMILES string of the molecule is O=C(c1cc(=O)c2cccc(Cl)c2o1)n1cc2ccc(Br)cc2c1. The number of hydrogen-bond donors (Lipinski definition) is 0. The molecule has 4 rings (SSSR count). The maximum absolute atomic E-state index is 12.7. The Kier molecular flexibility index (Phi) is 3.55. The molecular formula is C18H9BrClNO3. The smallest absolute Gasteiger partial charge is 0.297 e. The summed E-state index contributed by atoms with van der Waals surface area (Å²) in [7, 11) is 0. The van der Waals surface area contributed by atoms with Gasteiger partial charge in [-0.25, -0.2) is 0 Å². The van der Waals surface area contributed by atoms with Crippen molar-refractivity contribution in [3.8, 4) is 0 Å². The van der Waals surface area contributed by atoms with Crippen molar-refractivity contribution in [1.82, 2.24) is 4.57 Å². The second-order valence-electron chi connectivity index (χ2n) is 5.34. The summed E-state index contributed by atoms with van der Waals surface area (Å²) in [5.74, 6) is -0.485. The molecule has 4 aromatic rings. The van der Waals surface area contributed by atoms with Gasteiger partial charge in [-0.1, -0.05) is 39.7 Å². The van der Waals surface area contributed by atoms with Crippen molar-refractivity contribution in [2.24, 2.45) is 0 Å². The molecule has 0 saturated heterocycles. The zero-order valence-electron chi connectivity index (χ0n) is 12.1. The van der Waals surface area contributed by atoms with Crippen LogP contribution in [0.1, 0.15) is 10.6 Å². The molecule has 0 aliphatic heterocycles. The maximum Gasteiger partial charge on any atom is 0.297 e. The Hall–Kier alpha value is -2.37. The Morgan fingerprint density at radius 2 is 1.88 bits per heavy atom. The molecule has 0 atom stereocenters. The van der Waals surface area contributed by atoms with Crippen molar-refractivity contribution in [3.63, 3.8) is 0 Å². The quantitative estimate of drug-likeness (QED) is 0.457. The number of fused-ring (bicyclic) bond motifs is 2. The van der Waals surface area contributed by atoms with Gasteiger partial charge in [0.15, 0.2) is 16.8 Å². The van der Waals surface area contributed by atoms with Crippen LogP contribution in [0.5, 0.6) is 0 Å². The van der Waals surface area contributed by atoms with Gasteiger partial charge < -0.3 is 4.42 Å². The van der Waals surface area contributed by atoms with E-state index in [-0.39, 0.29) is 16.8 Å². The number of halogens is 2. The van der Waals surface area contributed by atoms with Gasteiger partial charge in [-0.2, -0.15) is 0 Å². The van der Waals surface area contributed by atoms with Crippen LogP contribution < -0.4 is 5.43 Å². The van der Waals surface area contributed by atoms with E-state index in [1.807, 2.05) is 18.2 Å². The summed E-state index contributed by atoms with van der Waals surface area (Å²) < 4.78 is 7.92. The van der Waals surface area contributed by atoms with Crippen LogP contribution in [-0.2, 0) is 0 Å². The van der Waals surface area contributed by atoms with Crippen LogP contribution in [0.3, 0.4) is 0 Å². The van der Waals surface area contributed by atoms with Crippen LogP contribution in [0, 0.1) is 0 Å². The molecule has 4 nitrogen and oxygen atoms in total. The van der Waals surface area contributed by atoms with Gasteiger partial charge in [0, 0.05) is 28.3 Å². The fraction of sp³-hybridized carbons (Fsp3) is 0. The minimum absolute atomic E-state index is 0.0556. The summed E-state index contributed by atoms with van der Waals surface area (Å²) in [4.78, 5) is 24.9. The highest BCUT2D eigenvalue weighted by molar-refractivity contribution is 9.10. The molecule has 2 heterocycles. The highest BCUT2D eigenvalue weighted by Gasteiger charge is 2.16. The van der Waals surface area contributed by atoms with Gasteiger partial charge in [0.25, 0.3) is 5.91 Å². The first-order valence-electron chi connectivity index (χ1n) is 7.07. The molecule has 0 N–H and O–H groups in total. The molecule has 0 spiro atoms. The number of hydrogen-bond acceptors (Lipinski definition) is 3. The number of carbonyl (C=O) groups excluding carboxylic acids is 1.